The molecular weight excluding hydrogens is 459 g/mol. The Hall–Kier alpha value is -2.09. The van der Waals surface area contributed by atoms with E-state index in [-0.39, 0.29) is 40.9 Å². The summed E-state index contributed by atoms with van der Waals surface area (Å²) in [5.74, 6) is 1.26. The average Bonchev–Trinajstić information content (AvgIpc) is 2.81. The van der Waals surface area contributed by atoms with Crippen molar-refractivity contribution in [2.24, 2.45) is 11.8 Å². The van der Waals surface area contributed by atoms with Crippen LogP contribution in [0.5, 0.6) is 0 Å². The number of nitrogens with zero attached hydrogens (tertiary/aromatic N) is 3. The summed E-state index contributed by atoms with van der Waals surface area (Å²) in [5.41, 5.74) is 1.37. The number of amides is 1. The molecule has 2 heterocycles. The van der Waals surface area contributed by atoms with Crippen LogP contribution in [0.25, 0.3) is 11.3 Å². The molecule has 8 heteroatoms. The highest BCUT2D eigenvalue weighted by atomic mass is 32.2. The van der Waals surface area contributed by atoms with E-state index < -0.39 is 11.9 Å². The van der Waals surface area contributed by atoms with Crippen molar-refractivity contribution in [1.29, 1.82) is 0 Å². The predicted octanol–water partition coefficient (Wildman–Crippen LogP) is 6.17. The molecule has 0 radical (unpaired) electrons. The summed E-state index contributed by atoms with van der Waals surface area (Å²) in [5, 5.41) is 0.0228. The van der Waals surface area contributed by atoms with Crippen molar-refractivity contribution < 1.29 is 18.0 Å². The highest BCUT2D eigenvalue weighted by Gasteiger charge is 2.41. The minimum Gasteiger partial charge on any atom is -0.336 e. The van der Waals surface area contributed by atoms with Crippen LogP contribution < -0.4 is 0 Å². The third-order valence-electron chi connectivity index (χ3n) is 7.78. The summed E-state index contributed by atoms with van der Waals surface area (Å²) in [6.07, 6.45) is 1.64. The highest BCUT2D eigenvalue weighted by Crippen LogP contribution is 2.42. The van der Waals surface area contributed by atoms with Crippen molar-refractivity contribution >= 4 is 17.7 Å². The largest absolute Gasteiger partial charge is 0.433 e. The van der Waals surface area contributed by atoms with E-state index >= 15 is 0 Å². The summed E-state index contributed by atoms with van der Waals surface area (Å²) in [7, 11) is 0. The van der Waals surface area contributed by atoms with Gasteiger partial charge in [0, 0.05) is 23.2 Å². The number of rotatable bonds is 3. The molecule has 1 aromatic carbocycles. The number of aromatic nitrogens is 2. The summed E-state index contributed by atoms with van der Waals surface area (Å²) in [6, 6.07) is 7.87. The number of fused-ring (bicyclic) bond motifs is 4. The number of carbonyl (C=O) groups is 1. The first-order chi connectivity index (χ1) is 16.2. The fourth-order valence-corrected chi connectivity index (χ4v) is 6.88. The Morgan fingerprint density at radius 3 is 2.68 bits per heavy atom. The number of hydrogen-bond acceptors (Lipinski definition) is 4. The van der Waals surface area contributed by atoms with Crippen LogP contribution in [0.15, 0.2) is 29.4 Å². The molecule has 0 bridgehead atoms. The van der Waals surface area contributed by atoms with Gasteiger partial charge in [0.15, 0.2) is 10.9 Å². The minimum absolute atomic E-state index is 0.0166. The van der Waals surface area contributed by atoms with Gasteiger partial charge in [-0.05, 0) is 69.3 Å². The number of aryl methyl sites for hydroxylation is 1. The smallest absolute Gasteiger partial charge is 0.336 e. The van der Waals surface area contributed by atoms with Crippen LogP contribution in [-0.2, 0) is 23.8 Å². The number of thioether (sulfide) groups is 1. The van der Waals surface area contributed by atoms with Gasteiger partial charge in [0.2, 0.25) is 5.91 Å². The molecule has 182 valence electrons. The SMILES string of the molecule is C[C@@H]1CC[C@@H]2[C@@H](CC[C@H](C)N2C(=O)CSc2nc3c(c(C(F)(F)F)n2)CCc2ccccc2-3)C1. The average molecular weight is 490 g/mol. The first kappa shape index (κ1) is 23.6. The first-order valence-corrected chi connectivity index (χ1v) is 13.2. The lowest BCUT2D eigenvalue weighted by Gasteiger charge is -2.49. The van der Waals surface area contributed by atoms with Crippen LogP contribution in [0.3, 0.4) is 0 Å². The molecule has 5 rings (SSSR count). The van der Waals surface area contributed by atoms with Gasteiger partial charge in [-0.2, -0.15) is 13.2 Å². The Bertz CT molecular complexity index is 1090. The number of benzene rings is 1. The Morgan fingerprint density at radius 1 is 1.09 bits per heavy atom. The summed E-state index contributed by atoms with van der Waals surface area (Å²) < 4.78 is 41.7. The third-order valence-corrected chi connectivity index (χ3v) is 8.61. The van der Waals surface area contributed by atoms with Crippen LogP contribution in [0.4, 0.5) is 13.2 Å². The number of hydrogen-bond donors (Lipinski definition) is 0. The predicted molar refractivity (Wildman–Crippen MR) is 126 cm³/mol. The molecular formula is C26H30F3N3OS. The van der Waals surface area contributed by atoms with Crippen LogP contribution in [0.2, 0.25) is 0 Å². The van der Waals surface area contributed by atoms with E-state index in [1.807, 2.05) is 29.2 Å². The highest BCUT2D eigenvalue weighted by molar-refractivity contribution is 7.99. The molecule has 1 aliphatic heterocycles. The molecule has 1 aromatic heterocycles. The zero-order valence-electron chi connectivity index (χ0n) is 19.6. The van der Waals surface area contributed by atoms with E-state index in [9.17, 15) is 18.0 Å². The second-order valence-electron chi connectivity index (χ2n) is 10.1. The molecule has 2 aliphatic carbocycles. The van der Waals surface area contributed by atoms with E-state index in [0.717, 1.165) is 55.0 Å². The van der Waals surface area contributed by atoms with Gasteiger partial charge in [0.05, 0.1) is 11.4 Å². The zero-order valence-corrected chi connectivity index (χ0v) is 20.4. The van der Waals surface area contributed by atoms with Crippen molar-refractivity contribution in [2.45, 2.75) is 82.2 Å². The molecule has 34 heavy (non-hydrogen) atoms. The molecule has 1 saturated heterocycles. The Labute approximate surface area is 202 Å². The third kappa shape index (κ3) is 4.45. The summed E-state index contributed by atoms with van der Waals surface area (Å²) in [4.78, 5) is 23.8. The van der Waals surface area contributed by atoms with Crippen LogP contribution >= 0.6 is 11.8 Å². The maximum atomic E-state index is 13.9. The standard InChI is InChI=1S/C26H30F3N3OS/c1-15-7-12-21-18(13-15)9-8-16(2)32(21)22(33)14-34-25-30-23-19-6-4-3-5-17(19)10-11-20(23)24(31-25)26(27,28)29/h3-6,15-16,18,21H,7-14H2,1-2H3/t15-,16+,18+,21-/m1/s1. The molecule has 1 saturated carbocycles. The number of likely N-dealkylation sites (tertiary alicyclic amines) is 1. The van der Waals surface area contributed by atoms with Crippen molar-refractivity contribution in [3.63, 3.8) is 0 Å². The second kappa shape index (κ2) is 9.17. The number of alkyl halides is 3. The van der Waals surface area contributed by atoms with Gasteiger partial charge in [-0.1, -0.05) is 43.0 Å². The molecule has 2 aromatic rings. The molecule has 0 N–H and O–H groups in total. The van der Waals surface area contributed by atoms with E-state index in [0.29, 0.717) is 24.0 Å². The zero-order chi connectivity index (χ0) is 24.0. The molecule has 4 atom stereocenters. The Morgan fingerprint density at radius 2 is 1.88 bits per heavy atom. The number of halogens is 3. The molecule has 3 aliphatic rings. The van der Waals surface area contributed by atoms with Gasteiger partial charge in [-0.15, -0.1) is 0 Å². The van der Waals surface area contributed by atoms with Crippen molar-refractivity contribution in [3.8, 4) is 11.3 Å². The van der Waals surface area contributed by atoms with Gasteiger partial charge >= 0.3 is 6.18 Å². The summed E-state index contributed by atoms with van der Waals surface area (Å²) >= 11 is 1.03. The summed E-state index contributed by atoms with van der Waals surface area (Å²) in [6.45, 7) is 4.37. The fraction of sp³-hybridized carbons (Fsp3) is 0.577. The maximum absolute atomic E-state index is 13.9. The number of carbonyl (C=O) groups excluding carboxylic acids is 1. The lowest BCUT2D eigenvalue weighted by molar-refractivity contribution is -0.142. The quantitative estimate of drug-likeness (QED) is 0.382. The van der Waals surface area contributed by atoms with Gasteiger partial charge in [0.25, 0.3) is 0 Å². The normalized spacial score (nSPS) is 26.4. The van der Waals surface area contributed by atoms with E-state index in [4.69, 9.17) is 0 Å². The second-order valence-corrected chi connectivity index (χ2v) is 11.0. The van der Waals surface area contributed by atoms with Gasteiger partial charge < -0.3 is 4.90 Å². The van der Waals surface area contributed by atoms with Crippen LogP contribution in [0, 0.1) is 11.8 Å². The van der Waals surface area contributed by atoms with E-state index in [1.54, 1.807) is 0 Å². The van der Waals surface area contributed by atoms with Crippen molar-refractivity contribution in [1.82, 2.24) is 14.9 Å². The van der Waals surface area contributed by atoms with Gasteiger partial charge in [-0.25, -0.2) is 9.97 Å². The van der Waals surface area contributed by atoms with Crippen LogP contribution in [0.1, 0.15) is 62.8 Å². The van der Waals surface area contributed by atoms with E-state index in [2.05, 4.69) is 23.8 Å². The lowest BCUT2D eigenvalue weighted by Crippen LogP contribution is -2.55. The monoisotopic (exact) mass is 489 g/mol. The topological polar surface area (TPSA) is 46.1 Å². The van der Waals surface area contributed by atoms with Crippen LogP contribution in [-0.4, -0.2) is 38.6 Å². The molecule has 1 amide bonds. The minimum atomic E-state index is -4.56. The molecule has 2 fully saturated rings. The lowest BCUT2D eigenvalue weighted by atomic mass is 9.73. The fourth-order valence-electron chi connectivity index (χ4n) is 6.16. The molecule has 0 unspecified atom stereocenters. The maximum Gasteiger partial charge on any atom is 0.433 e. The van der Waals surface area contributed by atoms with E-state index in [1.165, 1.54) is 0 Å². The van der Waals surface area contributed by atoms with Gasteiger partial charge in [0.1, 0.15) is 0 Å². The van der Waals surface area contributed by atoms with Crippen molar-refractivity contribution in [2.75, 3.05) is 5.75 Å². The molecule has 0 spiro atoms. The first-order valence-electron chi connectivity index (χ1n) is 12.2. The Kier molecular flexibility index (Phi) is 6.38. The number of piperidine rings is 1. The molecule has 4 nitrogen and oxygen atoms in total. The Balaban J connectivity index is 1.40. The van der Waals surface area contributed by atoms with Gasteiger partial charge in [-0.3, -0.25) is 4.79 Å². The van der Waals surface area contributed by atoms with Crippen molar-refractivity contribution in [3.05, 3.63) is 41.1 Å².